The molecule has 0 amide bonds. The lowest BCUT2D eigenvalue weighted by molar-refractivity contribution is 0.322. The molecular formula is C20H27N3OS. The van der Waals surface area contributed by atoms with Gasteiger partial charge in [0, 0.05) is 18.8 Å². The van der Waals surface area contributed by atoms with Gasteiger partial charge in [-0.05, 0) is 69.0 Å². The topological polar surface area (TPSA) is 36.5 Å². The minimum Gasteiger partial charge on any atom is -0.494 e. The van der Waals surface area contributed by atoms with E-state index in [1.807, 2.05) is 37.3 Å². The molecular weight excluding hydrogens is 330 g/mol. The van der Waals surface area contributed by atoms with Crippen molar-refractivity contribution < 1.29 is 4.74 Å². The van der Waals surface area contributed by atoms with E-state index in [4.69, 9.17) is 17.0 Å². The number of benzene rings is 2. The van der Waals surface area contributed by atoms with Crippen molar-refractivity contribution in [3.63, 3.8) is 0 Å². The van der Waals surface area contributed by atoms with Crippen LogP contribution in [0.5, 0.6) is 5.75 Å². The van der Waals surface area contributed by atoms with Crippen molar-refractivity contribution in [3.05, 3.63) is 60.2 Å². The summed E-state index contributed by atoms with van der Waals surface area (Å²) >= 11 is 5.34. The van der Waals surface area contributed by atoms with Gasteiger partial charge < -0.3 is 20.3 Å². The van der Waals surface area contributed by atoms with Crippen molar-refractivity contribution in [3.8, 4) is 5.75 Å². The number of thiocarbonyl (C=S) groups is 1. The molecule has 0 spiro atoms. The van der Waals surface area contributed by atoms with Crippen LogP contribution >= 0.6 is 12.2 Å². The molecule has 0 fully saturated rings. The second kappa shape index (κ2) is 10.7. The van der Waals surface area contributed by atoms with Gasteiger partial charge in [-0.1, -0.05) is 30.3 Å². The van der Waals surface area contributed by atoms with E-state index in [0.717, 1.165) is 37.5 Å². The third-order valence-electron chi connectivity index (χ3n) is 3.72. The van der Waals surface area contributed by atoms with E-state index in [-0.39, 0.29) is 0 Å². The summed E-state index contributed by atoms with van der Waals surface area (Å²) in [5, 5.41) is 7.09. The first kappa shape index (κ1) is 19.2. The Bertz CT molecular complexity index is 631. The molecule has 0 aliphatic heterocycles. The molecule has 0 aliphatic rings. The molecule has 2 aromatic rings. The van der Waals surface area contributed by atoms with Gasteiger partial charge in [0.25, 0.3) is 0 Å². The molecule has 134 valence electrons. The average Bonchev–Trinajstić information content (AvgIpc) is 2.61. The van der Waals surface area contributed by atoms with E-state index in [0.29, 0.717) is 11.7 Å². The highest BCUT2D eigenvalue weighted by atomic mass is 32.1. The molecule has 2 aromatic carbocycles. The zero-order chi connectivity index (χ0) is 17.9. The number of anilines is 1. The lowest BCUT2D eigenvalue weighted by Crippen LogP contribution is -2.31. The van der Waals surface area contributed by atoms with Crippen LogP contribution in [0.3, 0.4) is 0 Å². The predicted octanol–water partition coefficient (Wildman–Crippen LogP) is 3.89. The van der Waals surface area contributed by atoms with Gasteiger partial charge in [-0.15, -0.1) is 0 Å². The normalized spacial score (nSPS) is 10.5. The second-order valence-electron chi connectivity index (χ2n) is 5.92. The van der Waals surface area contributed by atoms with Gasteiger partial charge in [0.05, 0.1) is 6.61 Å². The van der Waals surface area contributed by atoms with Crippen molar-refractivity contribution in [2.75, 3.05) is 32.1 Å². The van der Waals surface area contributed by atoms with E-state index < -0.39 is 0 Å². The molecule has 5 heteroatoms. The highest BCUT2D eigenvalue weighted by Crippen LogP contribution is 2.15. The SMILES string of the molecule is CCOc1ccc(NC(=S)NCCCN(C)Cc2ccccc2)cc1. The maximum atomic E-state index is 5.43. The molecule has 0 saturated heterocycles. The Labute approximate surface area is 156 Å². The van der Waals surface area contributed by atoms with Crippen LogP contribution in [0.4, 0.5) is 5.69 Å². The summed E-state index contributed by atoms with van der Waals surface area (Å²) in [6.07, 6.45) is 1.04. The lowest BCUT2D eigenvalue weighted by Gasteiger charge is -2.17. The summed E-state index contributed by atoms with van der Waals surface area (Å²) in [5.41, 5.74) is 2.30. The van der Waals surface area contributed by atoms with Crippen LogP contribution in [-0.4, -0.2) is 36.8 Å². The fourth-order valence-electron chi connectivity index (χ4n) is 2.50. The molecule has 2 rings (SSSR count). The van der Waals surface area contributed by atoms with Gasteiger partial charge >= 0.3 is 0 Å². The molecule has 25 heavy (non-hydrogen) atoms. The fraction of sp³-hybridized carbons (Fsp3) is 0.350. The standard InChI is InChI=1S/C20H27N3OS/c1-3-24-19-12-10-18(11-13-19)22-20(25)21-14-7-15-23(2)16-17-8-5-4-6-9-17/h4-6,8-13H,3,7,14-16H2,1-2H3,(H2,21,22,25). The van der Waals surface area contributed by atoms with Gasteiger partial charge in [-0.2, -0.15) is 0 Å². The van der Waals surface area contributed by atoms with E-state index in [1.165, 1.54) is 5.56 Å². The molecule has 0 bridgehead atoms. The molecule has 0 aromatic heterocycles. The van der Waals surface area contributed by atoms with Gasteiger partial charge in [0.2, 0.25) is 0 Å². The van der Waals surface area contributed by atoms with Gasteiger partial charge in [0.15, 0.2) is 5.11 Å². The Morgan fingerprint density at radius 2 is 1.80 bits per heavy atom. The van der Waals surface area contributed by atoms with Gasteiger partial charge in [0.1, 0.15) is 5.75 Å². The summed E-state index contributed by atoms with van der Waals surface area (Å²) < 4.78 is 5.43. The van der Waals surface area contributed by atoms with Crippen LogP contribution in [0, 0.1) is 0 Å². The largest absolute Gasteiger partial charge is 0.494 e. The van der Waals surface area contributed by atoms with Crippen LogP contribution in [-0.2, 0) is 6.54 Å². The number of nitrogens with one attached hydrogen (secondary N) is 2. The number of hydrogen-bond acceptors (Lipinski definition) is 3. The Balaban J connectivity index is 1.61. The maximum absolute atomic E-state index is 5.43. The summed E-state index contributed by atoms with van der Waals surface area (Å²) in [6, 6.07) is 18.3. The third-order valence-corrected chi connectivity index (χ3v) is 3.97. The van der Waals surface area contributed by atoms with Crippen molar-refractivity contribution in [2.45, 2.75) is 19.9 Å². The van der Waals surface area contributed by atoms with E-state index >= 15 is 0 Å². The quantitative estimate of drug-likeness (QED) is 0.526. The third kappa shape index (κ3) is 7.54. The van der Waals surface area contributed by atoms with Gasteiger partial charge in [-0.25, -0.2) is 0 Å². The molecule has 0 heterocycles. The summed E-state index contributed by atoms with van der Waals surface area (Å²) in [6.45, 7) is 5.49. The molecule has 0 saturated carbocycles. The van der Waals surface area contributed by atoms with E-state index in [9.17, 15) is 0 Å². The lowest BCUT2D eigenvalue weighted by atomic mass is 10.2. The fourth-order valence-corrected chi connectivity index (χ4v) is 2.72. The maximum Gasteiger partial charge on any atom is 0.170 e. The molecule has 4 nitrogen and oxygen atoms in total. The molecule has 0 radical (unpaired) electrons. The highest BCUT2D eigenvalue weighted by molar-refractivity contribution is 7.80. The Kier molecular flexibility index (Phi) is 8.22. The zero-order valence-corrected chi connectivity index (χ0v) is 15.8. The van der Waals surface area contributed by atoms with Crippen molar-refractivity contribution in [2.24, 2.45) is 0 Å². The predicted molar refractivity (Wildman–Crippen MR) is 109 cm³/mol. The molecule has 0 unspecified atom stereocenters. The number of nitrogens with zero attached hydrogens (tertiary/aromatic N) is 1. The first-order valence-electron chi connectivity index (χ1n) is 8.67. The van der Waals surface area contributed by atoms with Crippen LogP contribution < -0.4 is 15.4 Å². The summed E-state index contributed by atoms with van der Waals surface area (Å²) in [4.78, 5) is 2.32. The summed E-state index contributed by atoms with van der Waals surface area (Å²) in [7, 11) is 2.14. The van der Waals surface area contributed by atoms with Crippen molar-refractivity contribution >= 4 is 23.0 Å². The number of hydrogen-bond donors (Lipinski definition) is 2. The van der Waals surface area contributed by atoms with Crippen LogP contribution in [0.15, 0.2) is 54.6 Å². The van der Waals surface area contributed by atoms with Crippen LogP contribution in [0.25, 0.3) is 0 Å². The second-order valence-corrected chi connectivity index (χ2v) is 6.32. The van der Waals surface area contributed by atoms with Crippen LogP contribution in [0.2, 0.25) is 0 Å². The highest BCUT2D eigenvalue weighted by Gasteiger charge is 2.01. The minimum atomic E-state index is 0.648. The Hall–Kier alpha value is -2.11. The Morgan fingerprint density at radius 3 is 2.48 bits per heavy atom. The van der Waals surface area contributed by atoms with Crippen molar-refractivity contribution in [1.82, 2.24) is 10.2 Å². The first-order chi connectivity index (χ1) is 12.2. The molecule has 2 N–H and O–H groups in total. The number of ether oxygens (including phenoxy) is 1. The monoisotopic (exact) mass is 357 g/mol. The smallest absolute Gasteiger partial charge is 0.170 e. The van der Waals surface area contributed by atoms with E-state index in [1.54, 1.807) is 0 Å². The van der Waals surface area contributed by atoms with Crippen LogP contribution in [0.1, 0.15) is 18.9 Å². The molecule has 0 aliphatic carbocycles. The minimum absolute atomic E-state index is 0.648. The average molecular weight is 358 g/mol. The van der Waals surface area contributed by atoms with Gasteiger partial charge in [-0.3, -0.25) is 0 Å². The van der Waals surface area contributed by atoms with Crippen molar-refractivity contribution in [1.29, 1.82) is 0 Å². The zero-order valence-electron chi connectivity index (χ0n) is 15.0. The Morgan fingerprint density at radius 1 is 1.08 bits per heavy atom. The summed E-state index contributed by atoms with van der Waals surface area (Å²) in [5.74, 6) is 0.869. The van der Waals surface area contributed by atoms with E-state index in [2.05, 4.69) is 46.8 Å². The number of rotatable bonds is 9. The first-order valence-corrected chi connectivity index (χ1v) is 9.08. The molecule has 0 atom stereocenters.